The summed E-state index contributed by atoms with van der Waals surface area (Å²) in [5, 5.41) is 12.7. The first kappa shape index (κ1) is 26.6. The molecule has 0 aromatic carbocycles. The molecule has 4 aliphatic rings. The van der Waals surface area contributed by atoms with Crippen LogP contribution in [-0.4, -0.2) is 59.0 Å². The highest BCUT2D eigenvalue weighted by Gasteiger charge is 2.52. The predicted octanol–water partition coefficient (Wildman–Crippen LogP) is 2.70. The lowest BCUT2D eigenvalue weighted by molar-refractivity contribution is -0.120. The van der Waals surface area contributed by atoms with Gasteiger partial charge in [0.15, 0.2) is 0 Å². The molecule has 3 fully saturated rings. The summed E-state index contributed by atoms with van der Waals surface area (Å²) in [6, 6.07) is 3.02. The number of pyridine rings is 1. The number of hydrogen-bond acceptors (Lipinski definition) is 7. The van der Waals surface area contributed by atoms with Gasteiger partial charge in [-0.15, -0.1) is 0 Å². The number of carbonyl (C=O) groups is 3. The molecule has 0 radical (unpaired) electrons. The molecular weight excluding hydrogens is 504 g/mol. The van der Waals surface area contributed by atoms with Crippen LogP contribution < -0.4 is 30.9 Å². The Morgan fingerprint density at radius 1 is 1.21 bits per heavy atom. The summed E-state index contributed by atoms with van der Waals surface area (Å²) in [7, 11) is 0. The zero-order chi connectivity index (χ0) is 27.0. The molecule has 0 spiro atoms. The molecule has 204 valence electrons. The van der Waals surface area contributed by atoms with Gasteiger partial charge >= 0.3 is 6.03 Å². The van der Waals surface area contributed by atoms with Crippen LogP contribution in [-0.2, 0) is 9.59 Å². The minimum atomic E-state index is -0.258. The van der Waals surface area contributed by atoms with Crippen molar-refractivity contribution < 1.29 is 19.1 Å². The normalized spacial score (nSPS) is 28.5. The lowest BCUT2D eigenvalue weighted by Gasteiger charge is -2.46. The second-order valence-corrected chi connectivity index (χ2v) is 11.7. The largest absolute Gasteiger partial charge is 0.475 e. The second kappa shape index (κ2) is 11.0. The summed E-state index contributed by atoms with van der Waals surface area (Å²) in [6.07, 6.45) is 5.60. The molecule has 1 aromatic heterocycles. The van der Waals surface area contributed by atoms with E-state index < -0.39 is 0 Å². The third-order valence-corrected chi connectivity index (χ3v) is 8.95. The summed E-state index contributed by atoms with van der Waals surface area (Å²) in [6.45, 7) is 10.1. The van der Waals surface area contributed by atoms with E-state index in [0.717, 1.165) is 44.3 Å². The lowest BCUT2D eigenvalue weighted by atomic mass is 9.86. The number of carbonyl (C=O) groups excluding carboxylic acids is 3. The van der Waals surface area contributed by atoms with E-state index in [2.05, 4.69) is 32.8 Å². The predicted molar refractivity (Wildman–Crippen MR) is 147 cm³/mol. The van der Waals surface area contributed by atoms with Crippen LogP contribution >= 0.6 is 11.8 Å². The maximum atomic E-state index is 13.6. The Balaban J connectivity index is 1.38. The first-order chi connectivity index (χ1) is 18.3. The van der Waals surface area contributed by atoms with Crippen molar-refractivity contribution in [2.45, 2.75) is 82.5 Å². The zero-order valence-electron chi connectivity index (χ0n) is 22.1. The van der Waals surface area contributed by atoms with Gasteiger partial charge in [0.25, 0.3) is 5.91 Å². The van der Waals surface area contributed by atoms with Crippen molar-refractivity contribution >= 4 is 35.3 Å². The fourth-order valence-corrected chi connectivity index (χ4v) is 7.35. The SMILES string of the molecule is C=CC(=O)N[C@H]1CCCC[C@H]1NC(=O)C1=C2NC(=O)N(c3ccc(OC(C)C)nc3C)C3CCNC(S1)C23. The van der Waals surface area contributed by atoms with Gasteiger partial charge < -0.3 is 26.0 Å². The fourth-order valence-electron chi connectivity index (χ4n) is 5.95. The molecule has 4 amide bonds. The van der Waals surface area contributed by atoms with Crippen LogP contribution in [0.1, 0.15) is 51.6 Å². The summed E-state index contributed by atoms with van der Waals surface area (Å²) >= 11 is 1.48. The first-order valence-corrected chi connectivity index (χ1v) is 14.3. The van der Waals surface area contributed by atoms with Crippen molar-refractivity contribution in [1.29, 1.82) is 0 Å². The highest BCUT2D eigenvalue weighted by atomic mass is 32.2. The molecule has 3 unspecified atom stereocenters. The number of amides is 4. The van der Waals surface area contributed by atoms with E-state index in [4.69, 9.17) is 4.74 Å². The molecule has 1 saturated carbocycles. The Morgan fingerprint density at radius 2 is 1.95 bits per heavy atom. The van der Waals surface area contributed by atoms with Crippen molar-refractivity contribution in [3.05, 3.63) is 41.1 Å². The maximum absolute atomic E-state index is 13.6. The van der Waals surface area contributed by atoms with E-state index in [0.29, 0.717) is 22.2 Å². The molecule has 4 heterocycles. The lowest BCUT2D eigenvalue weighted by Crippen LogP contribution is -2.62. The molecule has 0 bridgehead atoms. The Labute approximate surface area is 227 Å². The van der Waals surface area contributed by atoms with E-state index >= 15 is 0 Å². The molecule has 3 aliphatic heterocycles. The topological polar surface area (TPSA) is 125 Å². The Morgan fingerprint density at radius 3 is 2.63 bits per heavy atom. The van der Waals surface area contributed by atoms with Gasteiger partial charge in [-0.25, -0.2) is 9.78 Å². The number of piperidine rings is 1. The third-order valence-electron chi connectivity index (χ3n) is 7.59. The molecule has 2 saturated heterocycles. The van der Waals surface area contributed by atoms with Crippen LogP contribution in [0.25, 0.3) is 0 Å². The van der Waals surface area contributed by atoms with Crippen LogP contribution in [0.5, 0.6) is 5.88 Å². The summed E-state index contributed by atoms with van der Waals surface area (Å²) in [4.78, 5) is 45.9. The van der Waals surface area contributed by atoms with E-state index in [1.54, 1.807) is 11.0 Å². The molecule has 38 heavy (non-hydrogen) atoms. The van der Waals surface area contributed by atoms with Crippen molar-refractivity contribution in [3.8, 4) is 5.88 Å². The average molecular weight is 541 g/mol. The van der Waals surface area contributed by atoms with Gasteiger partial charge in [0, 0.05) is 29.8 Å². The number of nitrogens with zero attached hydrogens (tertiary/aromatic N) is 2. The molecule has 10 nitrogen and oxygen atoms in total. The van der Waals surface area contributed by atoms with Crippen LogP contribution in [0, 0.1) is 12.8 Å². The second-order valence-electron chi connectivity index (χ2n) is 10.5. The molecule has 4 N–H and O–H groups in total. The molecule has 11 heteroatoms. The van der Waals surface area contributed by atoms with E-state index in [1.165, 1.54) is 17.8 Å². The number of hydrogen-bond donors (Lipinski definition) is 4. The first-order valence-electron chi connectivity index (χ1n) is 13.4. The molecule has 5 rings (SSSR count). The van der Waals surface area contributed by atoms with Crippen molar-refractivity contribution in [2.75, 3.05) is 11.4 Å². The quantitative estimate of drug-likeness (QED) is 0.392. The highest BCUT2D eigenvalue weighted by molar-refractivity contribution is 8.04. The van der Waals surface area contributed by atoms with Crippen LogP contribution in [0.15, 0.2) is 35.4 Å². The maximum Gasteiger partial charge on any atom is 0.326 e. The standard InChI is InChI=1S/C27H36N6O4S/c1-5-20(34)30-16-8-6-7-9-17(16)31-25(35)24-23-22-19(12-13-28-26(22)38-24)33(27(36)32-23)18-10-11-21(29-15(18)4)37-14(2)3/h5,10-11,14,16-17,19,22,26,28H,1,6-9,12-13H2,2-4H3,(H,30,34)(H,31,35)(H,32,36)/t16-,17+,19?,22?,26?/m0/s1. The zero-order valence-corrected chi connectivity index (χ0v) is 22.9. The van der Waals surface area contributed by atoms with Crippen LogP contribution in [0.3, 0.4) is 0 Å². The Kier molecular flexibility index (Phi) is 7.67. The summed E-state index contributed by atoms with van der Waals surface area (Å²) in [5.74, 6) is 0.0371. The molecule has 1 aliphatic carbocycles. The smallest absolute Gasteiger partial charge is 0.326 e. The number of nitrogens with one attached hydrogen (secondary N) is 4. The number of aryl methyl sites for hydroxylation is 1. The van der Waals surface area contributed by atoms with Crippen molar-refractivity contribution in [3.63, 3.8) is 0 Å². The summed E-state index contributed by atoms with van der Waals surface area (Å²) < 4.78 is 5.73. The number of ether oxygens (including phenoxy) is 1. The average Bonchev–Trinajstić information content (AvgIpc) is 3.25. The van der Waals surface area contributed by atoms with Gasteiger partial charge in [-0.3, -0.25) is 14.5 Å². The van der Waals surface area contributed by atoms with Gasteiger partial charge in [0.1, 0.15) is 0 Å². The number of thioether (sulfide) groups is 1. The van der Waals surface area contributed by atoms with E-state index in [9.17, 15) is 14.4 Å². The minimum absolute atomic E-state index is 0.00568. The summed E-state index contributed by atoms with van der Waals surface area (Å²) in [5.41, 5.74) is 2.15. The number of aromatic nitrogens is 1. The Bertz CT molecular complexity index is 1170. The third kappa shape index (κ3) is 5.13. The fraction of sp³-hybridized carbons (Fsp3) is 0.556. The van der Waals surface area contributed by atoms with Gasteiger partial charge in [-0.2, -0.15) is 0 Å². The molecular formula is C27H36N6O4S. The van der Waals surface area contributed by atoms with Gasteiger partial charge in [0.05, 0.1) is 33.8 Å². The van der Waals surface area contributed by atoms with Crippen molar-refractivity contribution in [2.24, 2.45) is 5.92 Å². The molecule has 5 atom stereocenters. The van der Waals surface area contributed by atoms with Crippen LogP contribution in [0.4, 0.5) is 10.5 Å². The van der Waals surface area contributed by atoms with Crippen molar-refractivity contribution in [1.82, 2.24) is 26.3 Å². The Hall–Kier alpha value is -3.05. The monoisotopic (exact) mass is 540 g/mol. The van der Waals surface area contributed by atoms with Crippen LogP contribution in [0.2, 0.25) is 0 Å². The van der Waals surface area contributed by atoms with E-state index in [-0.39, 0.29) is 53.4 Å². The van der Waals surface area contributed by atoms with Gasteiger partial charge in [-0.1, -0.05) is 31.2 Å². The van der Waals surface area contributed by atoms with Gasteiger partial charge in [-0.05, 0) is 58.7 Å². The number of anilines is 1. The minimum Gasteiger partial charge on any atom is -0.475 e. The van der Waals surface area contributed by atoms with Gasteiger partial charge in [0.2, 0.25) is 11.8 Å². The molecule has 1 aromatic rings. The van der Waals surface area contributed by atoms with E-state index in [1.807, 2.05) is 26.8 Å². The number of rotatable bonds is 7. The highest BCUT2D eigenvalue weighted by Crippen LogP contribution is 2.48. The number of urea groups is 1.